The zero-order valence-electron chi connectivity index (χ0n) is 11.0. The van der Waals surface area contributed by atoms with Crippen molar-refractivity contribution in [1.29, 1.82) is 5.26 Å². The van der Waals surface area contributed by atoms with Gasteiger partial charge in [-0.2, -0.15) is 5.26 Å². The second kappa shape index (κ2) is 5.64. The minimum atomic E-state index is 0.641. The minimum Gasteiger partial charge on any atom is -0.365 e. The lowest BCUT2D eigenvalue weighted by Crippen LogP contribution is -2.05. The lowest BCUT2D eigenvalue weighted by atomic mass is 10.1. The Kier molecular flexibility index (Phi) is 3.70. The van der Waals surface area contributed by atoms with E-state index in [1.165, 1.54) is 11.1 Å². The van der Waals surface area contributed by atoms with Crippen molar-refractivity contribution in [2.45, 2.75) is 25.8 Å². The Morgan fingerprint density at radius 2 is 2.05 bits per heavy atom. The molecule has 1 aromatic carbocycles. The molecule has 0 saturated heterocycles. The van der Waals surface area contributed by atoms with E-state index in [1.807, 2.05) is 18.2 Å². The molecule has 1 aromatic heterocycles. The van der Waals surface area contributed by atoms with Crippen molar-refractivity contribution < 1.29 is 0 Å². The monoisotopic (exact) mass is 327 g/mol. The number of halogens is 1. The van der Waals surface area contributed by atoms with Gasteiger partial charge < -0.3 is 5.32 Å². The fourth-order valence-corrected chi connectivity index (χ4v) is 2.74. The average molecular weight is 328 g/mol. The average Bonchev–Trinajstić information content (AvgIpc) is 2.92. The van der Waals surface area contributed by atoms with E-state index < -0.39 is 0 Å². The maximum Gasteiger partial charge on any atom is 0.144 e. The summed E-state index contributed by atoms with van der Waals surface area (Å²) in [6.07, 6.45) is 3.21. The number of benzene rings is 1. The Hall–Kier alpha value is -1.86. The van der Waals surface area contributed by atoms with Crippen molar-refractivity contribution in [1.82, 2.24) is 4.98 Å². The summed E-state index contributed by atoms with van der Waals surface area (Å²) >= 11 is 3.42. The molecule has 1 aliphatic carbocycles. The lowest BCUT2D eigenvalue weighted by molar-refractivity contribution is 0.899. The Morgan fingerprint density at radius 3 is 2.80 bits per heavy atom. The van der Waals surface area contributed by atoms with Gasteiger partial charge in [-0.15, -0.1) is 0 Å². The number of fused-ring (bicyclic) bond motifs is 1. The van der Waals surface area contributed by atoms with Crippen LogP contribution in [0.15, 0.2) is 34.8 Å². The van der Waals surface area contributed by atoms with Gasteiger partial charge in [-0.3, -0.25) is 0 Å². The summed E-state index contributed by atoms with van der Waals surface area (Å²) in [6, 6.07) is 12.4. The van der Waals surface area contributed by atoms with Crippen LogP contribution in [0.25, 0.3) is 0 Å². The van der Waals surface area contributed by atoms with Crippen molar-refractivity contribution in [2.24, 2.45) is 0 Å². The predicted molar refractivity (Wildman–Crippen MR) is 82.4 cm³/mol. The van der Waals surface area contributed by atoms with Gasteiger partial charge in [0.1, 0.15) is 11.9 Å². The Labute approximate surface area is 126 Å². The fourth-order valence-electron chi connectivity index (χ4n) is 2.48. The molecular weight excluding hydrogens is 314 g/mol. The summed E-state index contributed by atoms with van der Waals surface area (Å²) in [4.78, 5) is 4.61. The van der Waals surface area contributed by atoms with Crippen molar-refractivity contribution in [3.05, 3.63) is 57.2 Å². The largest absolute Gasteiger partial charge is 0.365 e. The van der Waals surface area contributed by atoms with Crippen LogP contribution < -0.4 is 5.32 Å². The third kappa shape index (κ3) is 2.68. The Morgan fingerprint density at radius 1 is 1.25 bits per heavy atom. The maximum atomic E-state index is 9.25. The minimum absolute atomic E-state index is 0.641. The first-order chi connectivity index (χ1) is 9.76. The first-order valence-corrected chi connectivity index (χ1v) is 7.47. The van der Waals surface area contributed by atoms with Gasteiger partial charge in [-0.25, -0.2) is 4.98 Å². The third-order valence-corrected chi connectivity index (χ3v) is 4.07. The Bertz CT molecular complexity index is 671. The smallest absolute Gasteiger partial charge is 0.144 e. The van der Waals surface area contributed by atoms with Crippen LogP contribution in [0.5, 0.6) is 0 Å². The highest BCUT2D eigenvalue weighted by Crippen LogP contribution is 2.25. The first-order valence-electron chi connectivity index (χ1n) is 6.67. The number of hydrogen-bond donors (Lipinski definition) is 1. The number of aromatic nitrogens is 1. The molecular formula is C16H14BrN3. The van der Waals surface area contributed by atoms with E-state index >= 15 is 0 Å². The van der Waals surface area contributed by atoms with Gasteiger partial charge in [0.05, 0.1) is 5.56 Å². The number of nitrogens with zero attached hydrogens (tertiary/aromatic N) is 2. The number of nitriles is 1. The van der Waals surface area contributed by atoms with Crippen molar-refractivity contribution >= 4 is 21.7 Å². The van der Waals surface area contributed by atoms with Gasteiger partial charge in [0.2, 0.25) is 0 Å². The summed E-state index contributed by atoms with van der Waals surface area (Å²) < 4.78 is 1.06. The highest BCUT2D eigenvalue weighted by atomic mass is 79.9. The zero-order chi connectivity index (χ0) is 13.9. The van der Waals surface area contributed by atoms with Crippen LogP contribution >= 0.6 is 15.9 Å². The molecule has 1 N–H and O–H groups in total. The van der Waals surface area contributed by atoms with E-state index in [9.17, 15) is 5.26 Å². The van der Waals surface area contributed by atoms with Gasteiger partial charge >= 0.3 is 0 Å². The molecule has 0 saturated carbocycles. The number of hydrogen-bond acceptors (Lipinski definition) is 3. The van der Waals surface area contributed by atoms with Gasteiger partial charge in [-0.1, -0.05) is 28.1 Å². The molecule has 0 amide bonds. The maximum absolute atomic E-state index is 9.25. The van der Waals surface area contributed by atoms with Crippen LogP contribution in [0.1, 0.15) is 28.8 Å². The highest BCUT2D eigenvalue weighted by Gasteiger charge is 2.16. The van der Waals surface area contributed by atoms with E-state index in [0.29, 0.717) is 17.9 Å². The second-order valence-corrected chi connectivity index (χ2v) is 5.85. The predicted octanol–water partition coefficient (Wildman–Crippen LogP) is 3.82. The van der Waals surface area contributed by atoms with Crippen LogP contribution in [0.3, 0.4) is 0 Å². The first kappa shape index (κ1) is 13.1. The molecule has 0 radical (unpaired) electrons. The highest BCUT2D eigenvalue weighted by molar-refractivity contribution is 9.10. The molecule has 2 aromatic rings. The lowest BCUT2D eigenvalue weighted by Gasteiger charge is -2.10. The van der Waals surface area contributed by atoms with Crippen LogP contribution in [0.2, 0.25) is 0 Å². The summed E-state index contributed by atoms with van der Waals surface area (Å²) in [7, 11) is 0. The van der Waals surface area contributed by atoms with Crippen LogP contribution in [-0.2, 0) is 19.4 Å². The van der Waals surface area contributed by atoms with Crippen molar-refractivity contribution in [2.75, 3.05) is 5.32 Å². The molecule has 0 unspecified atom stereocenters. The van der Waals surface area contributed by atoms with Gasteiger partial charge in [0.15, 0.2) is 0 Å². The van der Waals surface area contributed by atoms with Crippen molar-refractivity contribution in [3.8, 4) is 6.07 Å². The molecule has 0 fully saturated rings. The molecule has 0 aliphatic heterocycles. The van der Waals surface area contributed by atoms with Crippen LogP contribution in [-0.4, -0.2) is 4.98 Å². The molecule has 1 heterocycles. The summed E-state index contributed by atoms with van der Waals surface area (Å²) in [5, 5.41) is 12.5. The number of anilines is 1. The summed E-state index contributed by atoms with van der Waals surface area (Å²) in [6.45, 7) is 0.674. The van der Waals surface area contributed by atoms with Crippen molar-refractivity contribution in [3.63, 3.8) is 0 Å². The Balaban J connectivity index is 1.80. The molecule has 1 aliphatic rings. The molecule has 0 bridgehead atoms. The number of aryl methyl sites for hydroxylation is 2. The number of nitrogens with one attached hydrogen (secondary N) is 1. The van der Waals surface area contributed by atoms with E-state index in [4.69, 9.17) is 0 Å². The summed E-state index contributed by atoms with van der Waals surface area (Å²) in [5.74, 6) is 0.705. The van der Waals surface area contributed by atoms with Crippen LogP contribution in [0, 0.1) is 11.3 Å². The SMILES string of the molecule is N#Cc1cc2c(nc1NCc1ccc(Br)cc1)CCC2. The number of pyridine rings is 1. The normalized spacial score (nSPS) is 12.8. The van der Waals surface area contributed by atoms with Gasteiger partial charge in [-0.05, 0) is 48.6 Å². The van der Waals surface area contributed by atoms with E-state index in [0.717, 1.165) is 29.4 Å². The molecule has 0 spiro atoms. The molecule has 20 heavy (non-hydrogen) atoms. The third-order valence-electron chi connectivity index (χ3n) is 3.54. The van der Waals surface area contributed by atoms with E-state index in [2.05, 4.69) is 44.4 Å². The quantitative estimate of drug-likeness (QED) is 0.932. The molecule has 4 heteroatoms. The zero-order valence-corrected chi connectivity index (χ0v) is 12.6. The van der Waals surface area contributed by atoms with E-state index in [1.54, 1.807) is 0 Å². The van der Waals surface area contributed by atoms with Gasteiger partial charge in [0.25, 0.3) is 0 Å². The van der Waals surface area contributed by atoms with Gasteiger partial charge in [0, 0.05) is 16.7 Å². The summed E-state index contributed by atoms with van der Waals surface area (Å²) in [5.41, 5.74) is 4.18. The molecule has 100 valence electrons. The second-order valence-electron chi connectivity index (χ2n) is 4.94. The number of rotatable bonds is 3. The standard InChI is InChI=1S/C16H14BrN3/c17-14-6-4-11(5-7-14)10-19-16-13(9-18)8-12-2-1-3-15(12)20-16/h4-8H,1-3,10H2,(H,19,20). The fraction of sp³-hybridized carbons (Fsp3) is 0.250. The molecule has 3 nitrogen and oxygen atoms in total. The van der Waals surface area contributed by atoms with Crippen LogP contribution in [0.4, 0.5) is 5.82 Å². The van der Waals surface area contributed by atoms with E-state index in [-0.39, 0.29) is 0 Å². The molecule has 3 rings (SSSR count). The topological polar surface area (TPSA) is 48.7 Å². The molecule has 0 atom stereocenters.